The summed E-state index contributed by atoms with van der Waals surface area (Å²) in [4.78, 5) is 18.6. The number of rotatable bonds is 6. The highest BCUT2D eigenvalue weighted by molar-refractivity contribution is 6.31. The van der Waals surface area contributed by atoms with Crippen LogP contribution >= 0.6 is 11.6 Å². The van der Waals surface area contributed by atoms with Crippen LogP contribution in [-0.2, 0) is 6.42 Å². The quantitative estimate of drug-likeness (QED) is 0.809. The number of benzene rings is 1. The maximum atomic E-state index is 12.8. The van der Waals surface area contributed by atoms with Gasteiger partial charge in [-0.25, -0.2) is 0 Å². The number of ether oxygens (including phenoxy) is 1. The maximum absolute atomic E-state index is 12.8. The molecule has 1 heterocycles. The van der Waals surface area contributed by atoms with Gasteiger partial charge in [0.05, 0.1) is 12.7 Å². The smallest absolute Gasteiger partial charge is 0.257 e. The first-order chi connectivity index (χ1) is 11.1. The van der Waals surface area contributed by atoms with E-state index in [9.17, 15) is 4.79 Å². The van der Waals surface area contributed by atoms with Gasteiger partial charge < -0.3 is 9.64 Å². The second-order valence-electron chi connectivity index (χ2n) is 5.29. The van der Waals surface area contributed by atoms with Crippen molar-refractivity contribution in [2.24, 2.45) is 0 Å². The van der Waals surface area contributed by atoms with Crippen LogP contribution in [0.2, 0.25) is 5.02 Å². The molecule has 5 heteroatoms. The number of hydrogen-bond donors (Lipinski definition) is 0. The Hall–Kier alpha value is -2.07. The summed E-state index contributed by atoms with van der Waals surface area (Å²) in [6.07, 6.45) is 4.30. The number of hydrogen-bond acceptors (Lipinski definition) is 3. The van der Waals surface area contributed by atoms with E-state index in [1.807, 2.05) is 26.0 Å². The molecule has 0 unspecified atom stereocenters. The Kier molecular flexibility index (Phi) is 5.99. The van der Waals surface area contributed by atoms with Gasteiger partial charge in [0.1, 0.15) is 5.75 Å². The number of amides is 1. The van der Waals surface area contributed by atoms with Gasteiger partial charge >= 0.3 is 0 Å². The lowest BCUT2D eigenvalue weighted by Gasteiger charge is -2.22. The molecule has 4 nitrogen and oxygen atoms in total. The number of carbonyl (C=O) groups is 1. The second-order valence-corrected chi connectivity index (χ2v) is 5.70. The molecule has 0 N–H and O–H groups in total. The Morgan fingerprint density at radius 1 is 1.30 bits per heavy atom. The van der Waals surface area contributed by atoms with E-state index < -0.39 is 0 Å². The molecule has 1 amide bonds. The summed E-state index contributed by atoms with van der Waals surface area (Å²) in [5, 5.41) is 0.569. The molecule has 0 aliphatic heterocycles. The van der Waals surface area contributed by atoms with Crippen LogP contribution < -0.4 is 4.74 Å². The van der Waals surface area contributed by atoms with E-state index in [-0.39, 0.29) is 5.91 Å². The van der Waals surface area contributed by atoms with Crippen LogP contribution in [0.1, 0.15) is 28.4 Å². The second kappa shape index (κ2) is 7.97. The summed E-state index contributed by atoms with van der Waals surface area (Å²) < 4.78 is 5.35. The van der Waals surface area contributed by atoms with Gasteiger partial charge in [-0.15, -0.1) is 0 Å². The van der Waals surface area contributed by atoms with E-state index >= 15 is 0 Å². The minimum Gasteiger partial charge on any atom is -0.496 e. The number of nitrogens with zero attached hydrogens (tertiary/aromatic N) is 2. The third kappa shape index (κ3) is 4.23. The van der Waals surface area contributed by atoms with Crippen molar-refractivity contribution < 1.29 is 9.53 Å². The number of pyridine rings is 1. The van der Waals surface area contributed by atoms with Crippen molar-refractivity contribution in [3.8, 4) is 5.75 Å². The highest BCUT2D eigenvalue weighted by atomic mass is 35.5. The zero-order valence-electron chi connectivity index (χ0n) is 13.7. The predicted octanol–water partition coefficient (Wildman–Crippen LogP) is 3.76. The van der Waals surface area contributed by atoms with E-state index in [1.165, 1.54) is 0 Å². The monoisotopic (exact) mass is 332 g/mol. The average Bonchev–Trinajstić information content (AvgIpc) is 2.58. The largest absolute Gasteiger partial charge is 0.496 e. The van der Waals surface area contributed by atoms with E-state index in [4.69, 9.17) is 16.3 Å². The SMILES string of the molecule is CCN(CCc1ccncc1)C(=O)c1cc(Cl)c(C)cc1OC. The first kappa shape index (κ1) is 17.3. The van der Waals surface area contributed by atoms with Crippen LogP contribution in [0.5, 0.6) is 5.75 Å². The van der Waals surface area contributed by atoms with Crippen LogP contribution in [0, 0.1) is 6.92 Å². The van der Waals surface area contributed by atoms with Crippen LogP contribution in [0.15, 0.2) is 36.7 Å². The lowest BCUT2D eigenvalue weighted by Crippen LogP contribution is -2.33. The van der Waals surface area contributed by atoms with Gasteiger partial charge in [0, 0.05) is 30.5 Å². The van der Waals surface area contributed by atoms with E-state index in [0.29, 0.717) is 29.4 Å². The fraction of sp³-hybridized carbons (Fsp3) is 0.333. The topological polar surface area (TPSA) is 42.4 Å². The maximum Gasteiger partial charge on any atom is 0.257 e. The molecule has 0 bridgehead atoms. The molecule has 1 aromatic heterocycles. The van der Waals surface area contributed by atoms with Crippen molar-refractivity contribution in [2.75, 3.05) is 20.2 Å². The molecule has 0 spiro atoms. The predicted molar refractivity (Wildman–Crippen MR) is 92.3 cm³/mol. The van der Waals surface area contributed by atoms with Crippen LogP contribution in [0.25, 0.3) is 0 Å². The Morgan fingerprint density at radius 2 is 2.00 bits per heavy atom. The summed E-state index contributed by atoms with van der Waals surface area (Å²) in [7, 11) is 1.56. The third-order valence-corrected chi connectivity index (χ3v) is 4.21. The van der Waals surface area contributed by atoms with Gasteiger partial charge in [-0.2, -0.15) is 0 Å². The van der Waals surface area contributed by atoms with Crippen molar-refractivity contribution in [2.45, 2.75) is 20.3 Å². The highest BCUT2D eigenvalue weighted by Gasteiger charge is 2.19. The van der Waals surface area contributed by atoms with Gasteiger partial charge in [0.25, 0.3) is 5.91 Å². The number of likely N-dealkylation sites (N-methyl/N-ethyl adjacent to an activating group) is 1. The summed E-state index contributed by atoms with van der Waals surface area (Å²) in [6.45, 7) is 5.11. The number of methoxy groups -OCH3 is 1. The normalized spacial score (nSPS) is 10.4. The molecular weight excluding hydrogens is 312 g/mol. The van der Waals surface area contributed by atoms with Crippen molar-refractivity contribution >= 4 is 17.5 Å². The van der Waals surface area contributed by atoms with Crippen LogP contribution in [0.3, 0.4) is 0 Å². The molecule has 23 heavy (non-hydrogen) atoms. The van der Waals surface area contributed by atoms with Crippen molar-refractivity contribution in [3.63, 3.8) is 0 Å². The fourth-order valence-corrected chi connectivity index (χ4v) is 2.54. The molecule has 0 fully saturated rings. The molecule has 1 aromatic carbocycles. The number of aryl methyl sites for hydroxylation is 1. The van der Waals surface area contributed by atoms with Gasteiger partial charge in [0.15, 0.2) is 0 Å². The highest BCUT2D eigenvalue weighted by Crippen LogP contribution is 2.27. The fourth-order valence-electron chi connectivity index (χ4n) is 2.38. The summed E-state index contributed by atoms with van der Waals surface area (Å²) in [5.74, 6) is 0.486. The Balaban J connectivity index is 2.18. The minimum atomic E-state index is -0.0692. The number of aromatic nitrogens is 1. The Bertz CT molecular complexity index is 674. The van der Waals surface area contributed by atoms with Gasteiger partial charge in [-0.1, -0.05) is 11.6 Å². The molecule has 0 aliphatic rings. The standard InChI is InChI=1S/C18H21ClN2O2/c1-4-21(10-7-14-5-8-20-9-6-14)18(22)15-12-16(19)13(2)11-17(15)23-3/h5-6,8-9,11-12H,4,7,10H2,1-3H3. The summed E-state index contributed by atoms with van der Waals surface area (Å²) >= 11 is 6.17. The summed E-state index contributed by atoms with van der Waals surface area (Å²) in [5.41, 5.74) is 2.54. The van der Waals surface area contributed by atoms with Gasteiger partial charge in [-0.05, 0) is 55.7 Å². The minimum absolute atomic E-state index is 0.0692. The Labute approximate surface area is 142 Å². The first-order valence-corrected chi connectivity index (χ1v) is 7.97. The molecule has 0 atom stereocenters. The molecule has 0 aliphatic carbocycles. The summed E-state index contributed by atoms with van der Waals surface area (Å²) in [6, 6.07) is 7.41. The van der Waals surface area contributed by atoms with Crippen LogP contribution in [-0.4, -0.2) is 36.0 Å². The molecule has 0 radical (unpaired) electrons. The molecule has 2 aromatic rings. The first-order valence-electron chi connectivity index (χ1n) is 7.59. The number of halogens is 1. The van der Waals surface area contributed by atoms with E-state index in [1.54, 1.807) is 36.5 Å². The van der Waals surface area contributed by atoms with Crippen molar-refractivity contribution in [1.29, 1.82) is 0 Å². The van der Waals surface area contributed by atoms with Crippen molar-refractivity contribution in [3.05, 3.63) is 58.4 Å². The molecular formula is C18H21ClN2O2. The van der Waals surface area contributed by atoms with Gasteiger partial charge in [0.2, 0.25) is 0 Å². The van der Waals surface area contributed by atoms with E-state index in [2.05, 4.69) is 4.98 Å². The third-order valence-electron chi connectivity index (χ3n) is 3.80. The zero-order chi connectivity index (χ0) is 16.8. The molecule has 2 rings (SSSR count). The van der Waals surface area contributed by atoms with Crippen molar-refractivity contribution in [1.82, 2.24) is 9.88 Å². The zero-order valence-corrected chi connectivity index (χ0v) is 14.4. The molecule has 0 saturated carbocycles. The lowest BCUT2D eigenvalue weighted by molar-refractivity contribution is 0.0763. The van der Waals surface area contributed by atoms with Crippen LogP contribution in [0.4, 0.5) is 0 Å². The average molecular weight is 333 g/mol. The van der Waals surface area contributed by atoms with Gasteiger partial charge in [-0.3, -0.25) is 9.78 Å². The lowest BCUT2D eigenvalue weighted by atomic mass is 10.1. The molecule has 122 valence electrons. The Morgan fingerprint density at radius 3 is 2.61 bits per heavy atom. The number of carbonyl (C=O) groups excluding carboxylic acids is 1. The molecule has 0 saturated heterocycles. The van der Waals surface area contributed by atoms with E-state index in [0.717, 1.165) is 17.5 Å².